The quantitative estimate of drug-likeness (QED) is 0.340. The van der Waals surface area contributed by atoms with Gasteiger partial charge in [-0.2, -0.15) is 39.5 Å². The molecule has 0 saturated carbocycles. The van der Waals surface area contributed by atoms with Crippen molar-refractivity contribution in [1.82, 2.24) is 0 Å². The Hall–Kier alpha value is -0.960. The third-order valence-corrected chi connectivity index (χ3v) is 2.96. The average Bonchev–Trinajstić information content (AvgIpc) is 2.41. The highest BCUT2D eigenvalue weighted by atomic mass is 19.4. The number of hydrogen-bond donors (Lipinski definition) is 0. The molecule has 0 aromatic rings. The normalized spacial score (nSPS) is 14.9. The molecule has 0 fully saturated rings. The average molecular weight is 348 g/mol. The molecule has 22 heavy (non-hydrogen) atoms. The topological polar surface area (TPSA) is 0 Å². The van der Waals surface area contributed by atoms with Crippen LogP contribution in [0.5, 0.6) is 0 Å². The maximum atomic E-state index is 13.2. The molecule has 10 heteroatoms. The molecule has 132 valence electrons. The van der Waals surface area contributed by atoms with Crippen molar-refractivity contribution < 1.29 is 43.9 Å². The summed E-state index contributed by atoms with van der Waals surface area (Å²) in [5.41, 5.74) is 0. The Kier molecular flexibility index (Phi) is 7.21. The molecular weight excluding hydrogens is 334 g/mol. The van der Waals surface area contributed by atoms with Gasteiger partial charge >= 0.3 is 23.8 Å². The first-order valence-corrected chi connectivity index (χ1v) is 6.32. The van der Waals surface area contributed by atoms with Crippen LogP contribution in [-0.4, -0.2) is 23.9 Å². The van der Waals surface area contributed by atoms with E-state index >= 15 is 0 Å². The van der Waals surface area contributed by atoms with E-state index in [9.17, 15) is 43.9 Å². The van der Waals surface area contributed by atoms with Gasteiger partial charge in [-0.1, -0.05) is 32.6 Å². The highest BCUT2D eigenvalue weighted by molar-refractivity contribution is 5.15. The van der Waals surface area contributed by atoms with Crippen molar-refractivity contribution in [2.75, 3.05) is 0 Å². The Morgan fingerprint density at radius 3 is 1.77 bits per heavy atom. The highest BCUT2D eigenvalue weighted by Crippen LogP contribution is 2.52. The monoisotopic (exact) mass is 348 g/mol. The van der Waals surface area contributed by atoms with E-state index in [1.54, 1.807) is 6.92 Å². The summed E-state index contributed by atoms with van der Waals surface area (Å²) in [6.45, 7) is 1.72. The highest BCUT2D eigenvalue weighted by Gasteiger charge is 2.76. The molecular formula is C12H14F10. The van der Waals surface area contributed by atoms with Gasteiger partial charge in [0.15, 0.2) is 6.17 Å². The van der Waals surface area contributed by atoms with E-state index in [4.69, 9.17) is 0 Å². The summed E-state index contributed by atoms with van der Waals surface area (Å²) >= 11 is 0. The Morgan fingerprint density at radius 1 is 0.864 bits per heavy atom. The lowest BCUT2D eigenvalue weighted by Crippen LogP contribution is -2.58. The second-order valence-corrected chi connectivity index (χ2v) is 4.66. The first kappa shape index (κ1) is 21.0. The zero-order valence-corrected chi connectivity index (χ0v) is 11.4. The third kappa shape index (κ3) is 4.07. The molecule has 0 bridgehead atoms. The summed E-state index contributed by atoms with van der Waals surface area (Å²) in [7, 11) is 0. The minimum Gasteiger partial charge on any atom is -0.241 e. The molecule has 0 aromatic carbocycles. The predicted molar refractivity (Wildman–Crippen MR) is 58.8 cm³/mol. The molecule has 0 saturated heterocycles. The van der Waals surface area contributed by atoms with E-state index in [1.807, 2.05) is 0 Å². The van der Waals surface area contributed by atoms with Crippen LogP contribution < -0.4 is 0 Å². The number of alkyl halides is 7. The van der Waals surface area contributed by atoms with E-state index < -0.39 is 42.3 Å². The molecule has 0 radical (unpaired) electrons. The predicted octanol–water partition coefficient (Wildman–Crippen LogP) is 6.28. The molecule has 0 aliphatic rings. The lowest BCUT2D eigenvalue weighted by Gasteiger charge is -2.33. The second-order valence-electron chi connectivity index (χ2n) is 4.66. The van der Waals surface area contributed by atoms with Gasteiger partial charge in [0.1, 0.15) is 0 Å². The lowest BCUT2D eigenvalue weighted by atomic mass is 9.96. The van der Waals surface area contributed by atoms with Crippen molar-refractivity contribution in [3.05, 3.63) is 11.9 Å². The van der Waals surface area contributed by atoms with Crippen LogP contribution in [0.1, 0.15) is 39.0 Å². The van der Waals surface area contributed by atoms with Crippen molar-refractivity contribution in [3.63, 3.8) is 0 Å². The van der Waals surface area contributed by atoms with Gasteiger partial charge in [0.25, 0.3) is 0 Å². The van der Waals surface area contributed by atoms with Crippen LogP contribution in [0.15, 0.2) is 11.9 Å². The van der Waals surface area contributed by atoms with Crippen LogP contribution in [0.25, 0.3) is 0 Å². The van der Waals surface area contributed by atoms with Crippen molar-refractivity contribution in [3.8, 4) is 0 Å². The van der Waals surface area contributed by atoms with Gasteiger partial charge < -0.3 is 0 Å². The number of rotatable bonds is 9. The van der Waals surface area contributed by atoms with Gasteiger partial charge in [-0.25, -0.2) is 4.39 Å². The molecule has 0 aliphatic heterocycles. The number of halogens is 10. The summed E-state index contributed by atoms with van der Waals surface area (Å²) in [5, 5.41) is 0. The number of unbranched alkanes of at least 4 members (excludes halogenated alkanes) is 3. The Morgan fingerprint density at radius 2 is 1.36 bits per heavy atom. The van der Waals surface area contributed by atoms with E-state index in [0.717, 1.165) is 0 Å². The fraction of sp³-hybridized carbons (Fsp3) is 0.833. The summed E-state index contributed by atoms with van der Waals surface area (Å²) in [4.78, 5) is 0. The van der Waals surface area contributed by atoms with E-state index in [-0.39, 0.29) is 12.8 Å². The first-order chi connectivity index (χ1) is 9.84. The Balaban J connectivity index is 5.26. The fourth-order valence-electron chi connectivity index (χ4n) is 1.59. The zero-order valence-electron chi connectivity index (χ0n) is 11.4. The van der Waals surface area contributed by atoms with Gasteiger partial charge in [0, 0.05) is 0 Å². The van der Waals surface area contributed by atoms with Crippen molar-refractivity contribution in [2.45, 2.75) is 63.0 Å². The molecule has 1 atom stereocenters. The zero-order chi connectivity index (χ0) is 17.8. The van der Waals surface area contributed by atoms with Crippen molar-refractivity contribution in [1.29, 1.82) is 0 Å². The molecule has 0 nitrogen and oxygen atoms in total. The summed E-state index contributed by atoms with van der Waals surface area (Å²) < 4.78 is 127. The summed E-state index contributed by atoms with van der Waals surface area (Å²) in [6, 6.07) is 0. The molecule has 1 unspecified atom stereocenters. The van der Waals surface area contributed by atoms with Gasteiger partial charge in [0.05, 0.1) is 0 Å². The van der Waals surface area contributed by atoms with Crippen LogP contribution >= 0.6 is 0 Å². The van der Waals surface area contributed by atoms with Crippen LogP contribution in [0.2, 0.25) is 0 Å². The van der Waals surface area contributed by atoms with Gasteiger partial charge in [0.2, 0.25) is 5.83 Å². The van der Waals surface area contributed by atoms with E-state index in [0.29, 0.717) is 12.8 Å². The summed E-state index contributed by atoms with van der Waals surface area (Å²) in [5.74, 6) is -23.2. The SMILES string of the molecule is CCCCCCC(F)C(F)(F)C(F)(F)C(F)(F)C(F)=C(F)F. The van der Waals surface area contributed by atoms with Crippen molar-refractivity contribution in [2.24, 2.45) is 0 Å². The molecule has 0 aliphatic carbocycles. The van der Waals surface area contributed by atoms with Gasteiger partial charge in [-0.15, -0.1) is 0 Å². The maximum absolute atomic E-state index is 13.2. The fourth-order valence-corrected chi connectivity index (χ4v) is 1.59. The van der Waals surface area contributed by atoms with E-state index in [1.165, 1.54) is 0 Å². The molecule has 0 aromatic heterocycles. The number of allylic oxidation sites excluding steroid dienone is 1. The molecule has 0 amide bonds. The van der Waals surface area contributed by atoms with Crippen molar-refractivity contribution >= 4 is 0 Å². The maximum Gasteiger partial charge on any atom is 0.381 e. The lowest BCUT2D eigenvalue weighted by molar-refractivity contribution is -0.318. The summed E-state index contributed by atoms with van der Waals surface area (Å²) in [6.07, 6.45) is -7.77. The molecule has 0 rings (SSSR count). The minimum absolute atomic E-state index is 0.197. The van der Waals surface area contributed by atoms with Crippen LogP contribution in [0, 0.1) is 0 Å². The van der Waals surface area contributed by atoms with Gasteiger partial charge in [-0.3, -0.25) is 0 Å². The largest absolute Gasteiger partial charge is 0.381 e. The molecule has 0 spiro atoms. The standard InChI is InChI=1S/C12H14F10/c1-2-3-4-5-6-7(13)10(17,18)12(21,22)11(19,20)8(14)9(15)16/h7H,2-6H2,1H3. The minimum atomic E-state index is -6.64. The number of hydrogen-bond acceptors (Lipinski definition) is 0. The van der Waals surface area contributed by atoms with Crippen LogP contribution in [-0.2, 0) is 0 Å². The van der Waals surface area contributed by atoms with Crippen LogP contribution in [0.4, 0.5) is 43.9 Å². The Labute approximate surface area is 120 Å². The molecule has 0 heterocycles. The van der Waals surface area contributed by atoms with E-state index in [2.05, 4.69) is 0 Å². The third-order valence-electron chi connectivity index (χ3n) is 2.96. The first-order valence-electron chi connectivity index (χ1n) is 6.32. The molecule has 0 N–H and O–H groups in total. The smallest absolute Gasteiger partial charge is 0.241 e. The van der Waals surface area contributed by atoms with Gasteiger partial charge in [-0.05, 0) is 6.42 Å². The Bertz CT molecular complexity index is 383. The van der Waals surface area contributed by atoms with Crippen LogP contribution in [0.3, 0.4) is 0 Å². The second kappa shape index (κ2) is 7.54.